The van der Waals surface area contributed by atoms with Crippen molar-refractivity contribution in [2.24, 2.45) is 5.92 Å². The van der Waals surface area contributed by atoms with Crippen LogP contribution in [0.15, 0.2) is 18.2 Å². The van der Waals surface area contributed by atoms with Gasteiger partial charge in [-0.1, -0.05) is 32.8 Å². The van der Waals surface area contributed by atoms with Crippen molar-refractivity contribution in [2.45, 2.75) is 59.0 Å². The number of hydrogen-bond acceptors (Lipinski definition) is 3. The first-order valence-corrected chi connectivity index (χ1v) is 8.13. The Morgan fingerprint density at radius 2 is 2.05 bits per heavy atom. The predicted octanol–water partition coefficient (Wildman–Crippen LogP) is 3.91. The Hall–Kier alpha value is -1.09. The van der Waals surface area contributed by atoms with Crippen LogP contribution in [-0.2, 0) is 6.54 Å². The van der Waals surface area contributed by atoms with Crippen LogP contribution in [0.1, 0.15) is 52.1 Å². The van der Waals surface area contributed by atoms with Crippen molar-refractivity contribution in [3.8, 4) is 0 Å². The number of hydrogen-bond donors (Lipinski definition) is 1. The Morgan fingerprint density at radius 3 is 2.70 bits per heavy atom. The largest absolute Gasteiger partial charge is 0.370 e. The van der Waals surface area contributed by atoms with Gasteiger partial charge in [0.1, 0.15) is 5.82 Å². The third-order valence-corrected chi connectivity index (χ3v) is 3.97. The van der Waals surface area contributed by atoms with Crippen LogP contribution < -0.4 is 5.32 Å². The van der Waals surface area contributed by atoms with E-state index in [-0.39, 0.29) is 0 Å². The SMILES string of the molecule is CCNc1cccc(CN(CC(C)C)C2CCCC2)n1. The maximum absolute atomic E-state index is 4.73. The minimum Gasteiger partial charge on any atom is -0.370 e. The lowest BCUT2D eigenvalue weighted by molar-refractivity contribution is 0.166. The van der Waals surface area contributed by atoms with E-state index in [2.05, 4.69) is 49.2 Å². The summed E-state index contributed by atoms with van der Waals surface area (Å²) >= 11 is 0. The highest BCUT2D eigenvalue weighted by atomic mass is 15.2. The Kier molecular flexibility index (Phi) is 5.84. The van der Waals surface area contributed by atoms with E-state index in [0.29, 0.717) is 5.92 Å². The molecule has 112 valence electrons. The first-order chi connectivity index (χ1) is 9.69. The van der Waals surface area contributed by atoms with Crippen LogP contribution in [0.25, 0.3) is 0 Å². The van der Waals surface area contributed by atoms with Crippen molar-refractivity contribution in [3.05, 3.63) is 23.9 Å². The van der Waals surface area contributed by atoms with E-state index in [4.69, 9.17) is 4.98 Å². The molecule has 0 aliphatic heterocycles. The molecule has 0 saturated heterocycles. The molecule has 1 fully saturated rings. The number of aromatic nitrogens is 1. The van der Waals surface area contributed by atoms with Crippen molar-refractivity contribution in [2.75, 3.05) is 18.4 Å². The molecule has 2 rings (SSSR count). The first kappa shape index (κ1) is 15.3. The molecule has 0 atom stereocenters. The number of nitrogens with one attached hydrogen (secondary N) is 1. The maximum Gasteiger partial charge on any atom is 0.126 e. The zero-order chi connectivity index (χ0) is 14.4. The van der Waals surface area contributed by atoms with E-state index in [9.17, 15) is 0 Å². The Balaban J connectivity index is 2.03. The van der Waals surface area contributed by atoms with Crippen molar-refractivity contribution >= 4 is 5.82 Å². The maximum atomic E-state index is 4.73. The van der Waals surface area contributed by atoms with E-state index in [1.807, 2.05) is 0 Å². The lowest BCUT2D eigenvalue weighted by atomic mass is 10.1. The lowest BCUT2D eigenvalue weighted by Crippen LogP contribution is -2.36. The number of nitrogens with zero attached hydrogens (tertiary/aromatic N) is 2. The van der Waals surface area contributed by atoms with Crippen LogP contribution in [-0.4, -0.2) is 29.0 Å². The molecule has 0 radical (unpaired) electrons. The van der Waals surface area contributed by atoms with Gasteiger partial charge in [0.15, 0.2) is 0 Å². The standard InChI is InChI=1S/C17H29N3/c1-4-18-17-11-7-8-15(19-17)13-20(12-14(2)3)16-9-5-6-10-16/h7-8,11,14,16H,4-6,9-10,12-13H2,1-3H3,(H,18,19). The van der Waals surface area contributed by atoms with Gasteiger partial charge < -0.3 is 5.32 Å². The quantitative estimate of drug-likeness (QED) is 0.817. The van der Waals surface area contributed by atoms with Gasteiger partial charge in [-0.15, -0.1) is 0 Å². The van der Waals surface area contributed by atoms with Crippen molar-refractivity contribution < 1.29 is 0 Å². The molecule has 3 nitrogen and oxygen atoms in total. The van der Waals surface area contributed by atoms with E-state index >= 15 is 0 Å². The number of rotatable bonds is 7. The summed E-state index contributed by atoms with van der Waals surface area (Å²) in [6, 6.07) is 7.09. The second kappa shape index (κ2) is 7.63. The summed E-state index contributed by atoms with van der Waals surface area (Å²) in [5.41, 5.74) is 1.19. The van der Waals surface area contributed by atoms with Crippen molar-refractivity contribution in [1.82, 2.24) is 9.88 Å². The fourth-order valence-corrected chi connectivity index (χ4v) is 3.14. The fraction of sp³-hybridized carbons (Fsp3) is 0.706. The Labute approximate surface area is 123 Å². The summed E-state index contributed by atoms with van der Waals surface area (Å²) < 4.78 is 0. The van der Waals surface area contributed by atoms with Crippen LogP contribution in [0.5, 0.6) is 0 Å². The second-order valence-electron chi connectivity index (χ2n) is 6.31. The molecule has 1 saturated carbocycles. The molecular weight excluding hydrogens is 246 g/mol. The van der Waals surface area contributed by atoms with Crippen molar-refractivity contribution in [3.63, 3.8) is 0 Å². The molecule has 1 aliphatic rings. The van der Waals surface area contributed by atoms with E-state index < -0.39 is 0 Å². The molecule has 0 amide bonds. The van der Waals surface area contributed by atoms with Gasteiger partial charge in [-0.25, -0.2) is 4.98 Å². The van der Waals surface area contributed by atoms with Gasteiger partial charge in [0.25, 0.3) is 0 Å². The highest BCUT2D eigenvalue weighted by Gasteiger charge is 2.23. The smallest absolute Gasteiger partial charge is 0.126 e. The number of anilines is 1. The average Bonchev–Trinajstić information content (AvgIpc) is 2.92. The molecule has 1 heterocycles. The lowest BCUT2D eigenvalue weighted by Gasteiger charge is -2.30. The zero-order valence-electron chi connectivity index (χ0n) is 13.2. The highest BCUT2D eigenvalue weighted by molar-refractivity contribution is 5.35. The highest BCUT2D eigenvalue weighted by Crippen LogP contribution is 2.25. The van der Waals surface area contributed by atoms with Gasteiger partial charge >= 0.3 is 0 Å². The molecule has 1 aromatic heterocycles. The predicted molar refractivity (Wildman–Crippen MR) is 85.9 cm³/mol. The number of pyridine rings is 1. The van der Waals surface area contributed by atoms with Crippen LogP contribution in [0.4, 0.5) is 5.82 Å². The van der Waals surface area contributed by atoms with Gasteiger partial charge in [0.2, 0.25) is 0 Å². The molecule has 1 N–H and O–H groups in total. The molecule has 0 spiro atoms. The van der Waals surface area contributed by atoms with Gasteiger partial charge in [-0.3, -0.25) is 4.90 Å². The molecular formula is C17H29N3. The van der Waals surface area contributed by atoms with Crippen LogP contribution in [0, 0.1) is 5.92 Å². The van der Waals surface area contributed by atoms with Crippen LogP contribution >= 0.6 is 0 Å². The molecule has 20 heavy (non-hydrogen) atoms. The molecule has 1 aromatic rings. The Bertz CT molecular complexity index is 397. The van der Waals surface area contributed by atoms with Gasteiger partial charge in [0, 0.05) is 25.7 Å². The summed E-state index contributed by atoms with van der Waals surface area (Å²) in [7, 11) is 0. The minimum atomic E-state index is 0.715. The molecule has 0 bridgehead atoms. The summed E-state index contributed by atoms with van der Waals surface area (Å²) in [6.45, 7) is 9.82. The normalized spacial score (nSPS) is 16.2. The third-order valence-electron chi connectivity index (χ3n) is 3.97. The summed E-state index contributed by atoms with van der Waals surface area (Å²) in [5, 5.41) is 3.30. The van der Waals surface area contributed by atoms with Crippen LogP contribution in [0.2, 0.25) is 0 Å². The summed E-state index contributed by atoms with van der Waals surface area (Å²) in [4.78, 5) is 7.38. The Morgan fingerprint density at radius 1 is 1.30 bits per heavy atom. The van der Waals surface area contributed by atoms with Gasteiger partial charge in [-0.2, -0.15) is 0 Å². The molecule has 3 heteroatoms. The summed E-state index contributed by atoms with van der Waals surface area (Å²) in [5.74, 6) is 1.72. The molecule has 1 aliphatic carbocycles. The minimum absolute atomic E-state index is 0.715. The monoisotopic (exact) mass is 275 g/mol. The first-order valence-electron chi connectivity index (χ1n) is 8.13. The van der Waals surface area contributed by atoms with Gasteiger partial charge in [-0.05, 0) is 37.8 Å². The summed E-state index contributed by atoms with van der Waals surface area (Å²) in [6.07, 6.45) is 5.51. The topological polar surface area (TPSA) is 28.2 Å². The second-order valence-corrected chi connectivity index (χ2v) is 6.31. The third kappa shape index (κ3) is 4.48. The molecule has 0 aromatic carbocycles. The average molecular weight is 275 g/mol. The zero-order valence-corrected chi connectivity index (χ0v) is 13.2. The van der Waals surface area contributed by atoms with Crippen molar-refractivity contribution in [1.29, 1.82) is 0 Å². The van der Waals surface area contributed by atoms with E-state index in [0.717, 1.165) is 24.9 Å². The van der Waals surface area contributed by atoms with Crippen LogP contribution in [0.3, 0.4) is 0 Å². The molecule has 0 unspecified atom stereocenters. The van der Waals surface area contributed by atoms with E-state index in [1.165, 1.54) is 37.9 Å². The van der Waals surface area contributed by atoms with E-state index in [1.54, 1.807) is 0 Å². The van der Waals surface area contributed by atoms with Gasteiger partial charge in [0.05, 0.1) is 5.69 Å². The fourth-order valence-electron chi connectivity index (χ4n) is 3.14.